The number of halogens is 2. The maximum absolute atomic E-state index is 14.1. The third-order valence-electron chi connectivity index (χ3n) is 3.77. The summed E-state index contributed by atoms with van der Waals surface area (Å²) in [4.78, 5) is 37.2. The summed E-state index contributed by atoms with van der Waals surface area (Å²) < 4.78 is 24.8. The van der Waals surface area contributed by atoms with E-state index in [0.717, 1.165) is 12.1 Å². The molecule has 7 nitrogen and oxygen atoms in total. The number of hydrogen-bond donors (Lipinski definition) is 1. The Balaban J connectivity index is 2.24. The lowest BCUT2D eigenvalue weighted by atomic mass is 10.0. The minimum Gasteiger partial charge on any atom is -0.453 e. The topological polar surface area (TPSA) is 98.9 Å². The van der Waals surface area contributed by atoms with E-state index in [1.807, 2.05) is 0 Å². The van der Waals surface area contributed by atoms with Crippen molar-refractivity contribution in [3.05, 3.63) is 50.9 Å². The number of nitrogens with two attached hydrogens (primary N) is 1. The van der Waals surface area contributed by atoms with Crippen LogP contribution in [0.4, 0.5) is 14.9 Å². The number of esters is 1. The van der Waals surface area contributed by atoms with Crippen LogP contribution < -0.4 is 10.6 Å². The quantitative estimate of drug-likeness (QED) is 0.348. The SMILES string of the molecule is CC(=O)OC(C)O/C(=C1/C(=O)N(C(N)=O)c2cc(Cl)c(F)cc21)c1cccs1. The second-order valence-electron chi connectivity index (χ2n) is 5.74. The summed E-state index contributed by atoms with van der Waals surface area (Å²) in [6.45, 7) is 2.67. The van der Waals surface area contributed by atoms with Gasteiger partial charge in [0.05, 0.1) is 21.2 Å². The van der Waals surface area contributed by atoms with Crippen LogP contribution in [0.15, 0.2) is 29.6 Å². The molecule has 1 aromatic carbocycles. The van der Waals surface area contributed by atoms with Crippen LogP contribution in [0.1, 0.15) is 24.3 Å². The molecule has 1 aromatic heterocycles. The van der Waals surface area contributed by atoms with Crippen molar-refractivity contribution >= 4 is 57.9 Å². The number of benzene rings is 1. The van der Waals surface area contributed by atoms with E-state index in [4.69, 9.17) is 26.8 Å². The molecular weight excluding hydrogens is 411 g/mol. The molecule has 0 saturated heterocycles. The van der Waals surface area contributed by atoms with Gasteiger partial charge in [0.25, 0.3) is 5.91 Å². The Morgan fingerprint density at radius 2 is 2.04 bits per heavy atom. The minimum absolute atomic E-state index is 0.0282. The average molecular weight is 425 g/mol. The van der Waals surface area contributed by atoms with E-state index in [0.29, 0.717) is 9.78 Å². The highest BCUT2D eigenvalue weighted by Crippen LogP contribution is 2.44. The molecule has 2 aromatic rings. The van der Waals surface area contributed by atoms with Crippen molar-refractivity contribution in [1.29, 1.82) is 0 Å². The van der Waals surface area contributed by atoms with E-state index in [1.54, 1.807) is 17.5 Å². The standard InChI is InChI=1S/C18H14ClFN2O5S/c1-8(23)26-9(2)27-16(14-4-3-5-28-14)15-10-6-12(20)11(19)7-13(10)22(17(15)24)18(21)25/h3-7,9H,1-2H3,(H2,21,25)/b16-15+. The molecular formula is C18H14ClFN2O5S. The maximum Gasteiger partial charge on any atom is 0.326 e. The largest absolute Gasteiger partial charge is 0.453 e. The average Bonchev–Trinajstić information content (AvgIpc) is 3.19. The molecule has 0 spiro atoms. The number of urea groups is 1. The zero-order valence-corrected chi connectivity index (χ0v) is 16.3. The molecule has 28 heavy (non-hydrogen) atoms. The van der Waals surface area contributed by atoms with Crippen LogP contribution in [-0.2, 0) is 19.1 Å². The van der Waals surface area contributed by atoms with Gasteiger partial charge in [-0.2, -0.15) is 0 Å². The van der Waals surface area contributed by atoms with E-state index in [-0.39, 0.29) is 27.6 Å². The van der Waals surface area contributed by atoms with Gasteiger partial charge in [0.15, 0.2) is 5.76 Å². The van der Waals surface area contributed by atoms with Gasteiger partial charge in [-0.15, -0.1) is 11.3 Å². The molecule has 2 heterocycles. The molecule has 0 fully saturated rings. The number of anilines is 1. The first-order valence-electron chi connectivity index (χ1n) is 7.96. The number of rotatable bonds is 4. The van der Waals surface area contributed by atoms with Crippen molar-refractivity contribution in [3.8, 4) is 0 Å². The van der Waals surface area contributed by atoms with Gasteiger partial charge >= 0.3 is 12.0 Å². The van der Waals surface area contributed by atoms with Crippen LogP contribution in [0.5, 0.6) is 0 Å². The van der Waals surface area contributed by atoms with E-state index in [9.17, 15) is 18.8 Å². The van der Waals surface area contributed by atoms with Crippen molar-refractivity contribution in [2.75, 3.05) is 4.90 Å². The molecule has 1 aliphatic rings. The van der Waals surface area contributed by atoms with Crippen molar-refractivity contribution in [3.63, 3.8) is 0 Å². The molecule has 3 rings (SSSR count). The summed E-state index contributed by atoms with van der Waals surface area (Å²) in [6.07, 6.45) is -1.04. The lowest BCUT2D eigenvalue weighted by Crippen LogP contribution is -2.38. The number of carbonyl (C=O) groups is 3. The lowest BCUT2D eigenvalue weighted by molar-refractivity contribution is -0.161. The van der Waals surface area contributed by atoms with Gasteiger partial charge in [-0.25, -0.2) is 14.1 Å². The number of hydrogen-bond acceptors (Lipinski definition) is 6. The number of thiophene rings is 1. The van der Waals surface area contributed by atoms with Crippen LogP contribution in [0.25, 0.3) is 11.3 Å². The number of carbonyl (C=O) groups excluding carboxylic acids is 3. The molecule has 0 radical (unpaired) electrons. The van der Waals surface area contributed by atoms with Crippen molar-refractivity contribution in [2.45, 2.75) is 20.1 Å². The summed E-state index contributed by atoms with van der Waals surface area (Å²) in [6, 6.07) is 4.50. The van der Waals surface area contributed by atoms with E-state index >= 15 is 0 Å². The molecule has 10 heteroatoms. The summed E-state index contributed by atoms with van der Waals surface area (Å²) in [5.41, 5.74) is 5.37. The van der Waals surface area contributed by atoms with Crippen LogP contribution in [-0.4, -0.2) is 24.2 Å². The highest BCUT2D eigenvalue weighted by Gasteiger charge is 2.40. The molecule has 0 saturated carbocycles. The summed E-state index contributed by atoms with van der Waals surface area (Å²) in [5.74, 6) is -2.14. The second-order valence-corrected chi connectivity index (χ2v) is 7.09. The number of amides is 3. The molecule has 1 aliphatic heterocycles. The van der Waals surface area contributed by atoms with Crippen molar-refractivity contribution in [1.82, 2.24) is 0 Å². The van der Waals surface area contributed by atoms with Crippen LogP contribution in [0.2, 0.25) is 5.02 Å². The Morgan fingerprint density at radius 1 is 1.32 bits per heavy atom. The van der Waals surface area contributed by atoms with Gasteiger partial charge in [0.2, 0.25) is 6.29 Å². The Morgan fingerprint density at radius 3 is 2.61 bits per heavy atom. The van der Waals surface area contributed by atoms with Crippen LogP contribution in [0.3, 0.4) is 0 Å². The highest BCUT2D eigenvalue weighted by molar-refractivity contribution is 7.11. The molecule has 1 atom stereocenters. The van der Waals surface area contributed by atoms with E-state index in [1.165, 1.54) is 25.2 Å². The number of primary amides is 1. The molecule has 0 bridgehead atoms. The molecule has 146 valence electrons. The van der Waals surface area contributed by atoms with Crippen molar-refractivity contribution < 1.29 is 28.2 Å². The molecule has 2 N–H and O–H groups in total. The Bertz CT molecular complexity index is 1010. The first-order valence-corrected chi connectivity index (χ1v) is 9.21. The number of imide groups is 1. The lowest BCUT2D eigenvalue weighted by Gasteiger charge is -2.18. The fraction of sp³-hybridized carbons (Fsp3) is 0.167. The number of fused-ring (bicyclic) bond motifs is 1. The number of nitrogens with zero attached hydrogens (tertiary/aromatic N) is 1. The summed E-state index contributed by atoms with van der Waals surface area (Å²) in [5, 5.41) is 1.47. The van der Waals surface area contributed by atoms with Gasteiger partial charge in [0.1, 0.15) is 5.82 Å². The first kappa shape index (κ1) is 19.8. The fourth-order valence-electron chi connectivity index (χ4n) is 2.77. The van der Waals surface area contributed by atoms with E-state index in [2.05, 4.69) is 0 Å². The highest BCUT2D eigenvalue weighted by atomic mass is 35.5. The van der Waals surface area contributed by atoms with Gasteiger partial charge in [-0.3, -0.25) is 9.59 Å². The third-order valence-corrected chi connectivity index (χ3v) is 4.93. The van der Waals surface area contributed by atoms with Crippen molar-refractivity contribution in [2.24, 2.45) is 5.73 Å². The van der Waals surface area contributed by atoms with E-state index < -0.39 is 30.0 Å². The predicted molar refractivity (Wildman–Crippen MR) is 102 cm³/mol. The second kappa shape index (κ2) is 7.61. The summed E-state index contributed by atoms with van der Waals surface area (Å²) in [7, 11) is 0. The molecule has 0 aliphatic carbocycles. The monoisotopic (exact) mass is 424 g/mol. The smallest absolute Gasteiger partial charge is 0.326 e. The minimum atomic E-state index is -1.05. The van der Waals surface area contributed by atoms with Crippen LogP contribution >= 0.6 is 22.9 Å². The fourth-order valence-corrected chi connectivity index (χ4v) is 3.64. The summed E-state index contributed by atoms with van der Waals surface area (Å²) >= 11 is 7.05. The Hall–Kier alpha value is -2.91. The normalized spacial score (nSPS) is 15.9. The zero-order chi connectivity index (χ0) is 20.6. The van der Waals surface area contributed by atoms with Crippen LogP contribution in [0, 0.1) is 5.82 Å². The van der Waals surface area contributed by atoms with Gasteiger partial charge in [-0.05, 0) is 23.6 Å². The van der Waals surface area contributed by atoms with Gasteiger partial charge in [-0.1, -0.05) is 17.7 Å². The molecule has 3 amide bonds. The van der Waals surface area contributed by atoms with Gasteiger partial charge in [0, 0.05) is 19.4 Å². The first-order chi connectivity index (χ1) is 13.2. The number of ether oxygens (including phenoxy) is 2. The molecule has 1 unspecified atom stereocenters. The van der Waals surface area contributed by atoms with Gasteiger partial charge < -0.3 is 15.2 Å². The zero-order valence-electron chi connectivity index (χ0n) is 14.7. The maximum atomic E-state index is 14.1. The Kier molecular flexibility index (Phi) is 5.39. The Labute approximate surface area is 168 Å². The predicted octanol–water partition coefficient (Wildman–Crippen LogP) is 3.76. The third kappa shape index (κ3) is 3.58.